The van der Waals surface area contributed by atoms with Crippen molar-refractivity contribution in [3.05, 3.63) is 71.4 Å². The summed E-state index contributed by atoms with van der Waals surface area (Å²) in [6.45, 7) is 7.27. The first-order valence-electron chi connectivity index (χ1n) is 11.1. The van der Waals surface area contributed by atoms with E-state index in [9.17, 15) is 9.59 Å². The van der Waals surface area contributed by atoms with Crippen LogP contribution < -0.4 is 10.6 Å². The largest absolute Gasteiger partial charge is 0.361 e. The monoisotopic (exact) mass is 430 g/mol. The average Bonchev–Trinajstić information content (AvgIpc) is 3.24. The summed E-state index contributed by atoms with van der Waals surface area (Å²) >= 11 is 0. The lowest BCUT2D eigenvalue weighted by atomic mass is 9.98. The van der Waals surface area contributed by atoms with Gasteiger partial charge in [-0.05, 0) is 50.0 Å². The number of aromatic nitrogens is 1. The van der Waals surface area contributed by atoms with Crippen LogP contribution in [0.25, 0.3) is 16.5 Å². The number of anilines is 1. The van der Waals surface area contributed by atoms with Crippen LogP contribution in [-0.4, -0.2) is 47.4 Å². The van der Waals surface area contributed by atoms with Crippen molar-refractivity contribution in [1.29, 1.82) is 0 Å². The molecule has 0 aliphatic carbocycles. The molecule has 1 aromatic heterocycles. The molecular weight excluding hydrogens is 400 g/mol. The minimum atomic E-state index is -0.302. The van der Waals surface area contributed by atoms with Crippen LogP contribution in [0.4, 0.5) is 5.69 Å². The predicted octanol–water partition coefficient (Wildman–Crippen LogP) is 4.02. The quantitative estimate of drug-likeness (QED) is 0.553. The number of nitrogens with one attached hydrogen (secondary N) is 3. The fraction of sp³-hybridized carbons (Fsp3) is 0.308. The second kappa shape index (κ2) is 9.40. The zero-order chi connectivity index (χ0) is 22.7. The Bertz CT molecular complexity index is 1160. The van der Waals surface area contributed by atoms with Crippen molar-refractivity contribution in [2.24, 2.45) is 0 Å². The molecule has 2 amide bonds. The van der Waals surface area contributed by atoms with Crippen LogP contribution in [0.2, 0.25) is 0 Å². The molecule has 4 rings (SSSR count). The summed E-state index contributed by atoms with van der Waals surface area (Å²) in [6.07, 6.45) is 5.15. The Labute approximate surface area is 188 Å². The molecule has 1 atom stereocenters. The summed E-state index contributed by atoms with van der Waals surface area (Å²) in [6, 6.07) is 13.9. The van der Waals surface area contributed by atoms with Gasteiger partial charge in [-0.25, -0.2) is 0 Å². The summed E-state index contributed by atoms with van der Waals surface area (Å²) in [4.78, 5) is 30.5. The summed E-state index contributed by atoms with van der Waals surface area (Å²) < 4.78 is 0. The molecule has 3 aromatic rings. The van der Waals surface area contributed by atoms with Gasteiger partial charge in [0.05, 0.1) is 12.6 Å². The molecule has 32 heavy (non-hydrogen) atoms. The molecule has 1 aliphatic rings. The zero-order valence-electron chi connectivity index (χ0n) is 18.9. The van der Waals surface area contributed by atoms with Crippen molar-refractivity contribution in [2.45, 2.75) is 33.2 Å². The highest BCUT2D eigenvalue weighted by atomic mass is 16.2. The number of rotatable bonds is 6. The van der Waals surface area contributed by atoms with Crippen molar-refractivity contribution in [3.63, 3.8) is 0 Å². The number of carbonyl (C=O) groups excluding carboxylic acids is 2. The van der Waals surface area contributed by atoms with E-state index in [1.807, 2.05) is 45.0 Å². The summed E-state index contributed by atoms with van der Waals surface area (Å²) in [7, 11) is 0. The van der Waals surface area contributed by atoms with E-state index < -0.39 is 0 Å². The Kier molecular flexibility index (Phi) is 6.42. The molecule has 0 bridgehead atoms. The Balaban J connectivity index is 1.31. The third-order valence-corrected chi connectivity index (χ3v) is 6.27. The van der Waals surface area contributed by atoms with Crippen LogP contribution in [0.5, 0.6) is 0 Å². The van der Waals surface area contributed by atoms with E-state index in [0.29, 0.717) is 6.54 Å². The molecular formula is C26H30N4O2. The van der Waals surface area contributed by atoms with E-state index in [1.165, 1.54) is 16.5 Å². The highest BCUT2D eigenvalue weighted by Crippen LogP contribution is 2.29. The fourth-order valence-corrected chi connectivity index (χ4v) is 4.29. The van der Waals surface area contributed by atoms with E-state index in [-0.39, 0.29) is 24.4 Å². The average molecular weight is 431 g/mol. The van der Waals surface area contributed by atoms with Gasteiger partial charge < -0.3 is 15.6 Å². The van der Waals surface area contributed by atoms with Crippen LogP contribution in [-0.2, 0) is 9.59 Å². The molecule has 0 saturated carbocycles. The molecule has 3 N–H and O–H groups in total. The van der Waals surface area contributed by atoms with Crippen LogP contribution in [0.3, 0.4) is 0 Å². The number of H-pyrrole nitrogens is 1. The maximum atomic E-state index is 12.7. The first-order valence-corrected chi connectivity index (χ1v) is 11.1. The van der Waals surface area contributed by atoms with Gasteiger partial charge in [-0.1, -0.05) is 42.5 Å². The highest BCUT2D eigenvalue weighted by molar-refractivity contribution is 5.96. The van der Waals surface area contributed by atoms with E-state index in [1.54, 1.807) is 0 Å². The summed E-state index contributed by atoms with van der Waals surface area (Å²) in [5.74, 6) is -0.353. The molecule has 1 unspecified atom stereocenters. The smallest absolute Gasteiger partial charge is 0.243 e. The number of aromatic amines is 1. The number of benzene rings is 2. The first-order chi connectivity index (χ1) is 15.4. The number of nitrogens with zero attached hydrogens (tertiary/aromatic N) is 1. The zero-order valence-corrected chi connectivity index (χ0v) is 18.9. The molecule has 0 radical (unpaired) electrons. The minimum Gasteiger partial charge on any atom is -0.361 e. The molecule has 6 heteroatoms. The van der Waals surface area contributed by atoms with Crippen LogP contribution in [0.15, 0.2) is 54.7 Å². The maximum absolute atomic E-state index is 12.7. The van der Waals surface area contributed by atoms with Crippen molar-refractivity contribution < 1.29 is 9.59 Å². The Morgan fingerprint density at radius 1 is 1.09 bits per heavy atom. The lowest BCUT2D eigenvalue weighted by molar-refractivity contribution is -0.127. The fourth-order valence-electron chi connectivity index (χ4n) is 4.29. The molecule has 166 valence electrons. The third-order valence-electron chi connectivity index (χ3n) is 6.27. The SMILES string of the molecule is Cc1cccc(C)c1NC(=O)CNC(=O)C(C)N1CC=C(c2c[nH]c3ccccc23)CC1. The predicted molar refractivity (Wildman–Crippen MR) is 129 cm³/mol. The highest BCUT2D eigenvalue weighted by Gasteiger charge is 2.24. The molecule has 2 aromatic carbocycles. The lowest BCUT2D eigenvalue weighted by Gasteiger charge is -2.31. The van der Waals surface area contributed by atoms with Crippen molar-refractivity contribution >= 4 is 34.0 Å². The topological polar surface area (TPSA) is 77.2 Å². The van der Waals surface area contributed by atoms with Crippen molar-refractivity contribution in [2.75, 3.05) is 25.0 Å². The van der Waals surface area contributed by atoms with Gasteiger partial charge in [0, 0.05) is 41.4 Å². The molecule has 0 spiro atoms. The van der Waals surface area contributed by atoms with Crippen LogP contribution >= 0.6 is 0 Å². The van der Waals surface area contributed by atoms with Crippen LogP contribution in [0.1, 0.15) is 30.0 Å². The van der Waals surface area contributed by atoms with Gasteiger partial charge in [0.25, 0.3) is 0 Å². The van der Waals surface area contributed by atoms with E-state index in [4.69, 9.17) is 0 Å². The summed E-state index contributed by atoms with van der Waals surface area (Å²) in [5.41, 5.74) is 6.50. The Morgan fingerprint density at radius 2 is 1.84 bits per heavy atom. The standard InChI is InChI=1S/C26H30N4O2/c1-17-7-6-8-18(2)25(17)29-24(31)16-28-26(32)19(3)30-13-11-20(12-14-30)22-15-27-23-10-5-4-9-21(22)23/h4-11,15,19,27H,12-14,16H2,1-3H3,(H,28,32)(H,29,31). The molecule has 2 heterocycles. The lowest BCUT2D eigenvalue weighted by Crippen LogP contribution is -2.48. The number of aryl methyl sites for hydroxylation is 2. The number of fused-ring (bicyclic) bond motifs is 1. The number of para-hydroxylation sites is 2. The molecule has 0 saturated heterocycles. The van der Waals surface area contributed by atoms with Gasteiger partial charge in [0.1, 0.15) is 0 Å². The summed E-state index contributed by atoms with van der Waals surface area (Å²) in [5, 5.41) is 6.92. The van der Waals surface area contributed by atoms with Gasteiger partial charge in [0.15, 0.2) is 0 Å². The number of hydrogen-bond donors (Lipinski definition) is 3. The Morgan fingerprint density at radius 3 is 2.56 bits per heavy atom. The van der Waals surface area contributed by atoms with Crippen LogP contribution in [0, 0.1) is 13.8 Å². The second-order valence-electron chi connectivity index (χ2n) is 8.43. The van der Waals surface area contributed by atoms with Gasteiger partial charge in [-0.15, -0.1) is 0 Å². The normalized spacial score (nSPS) is 15.3. The third kappa shape index (κ3) is 4.60. The van der Waals surface area contributed by atoms with Gasteiger partial charge in [-0.2, -0.15) is 0 Å². The number of carbonyl (C=O) groups is 2. The maximum Gasteiger partial charge on any atom is 0.243 e. The molecule has 0 fully saturated rings. The molecule has 6 nitrogen and oxygen atoms in total. The van der Waals surface area contributed by atoms with Crippen molar-refractivity contribution in [1.82, 2.24) is 15.2 Å². The minimum absolute atomic E-state index is 0.0405. The Hall–Kier alpha value is -3.38. The van der Waals surface area contributed by atoms with Crippen molar-refractivity contribution in [3.8, 4) is 0 Å². The van der Waals surface area contributed by atoms with E-state index >= 15 is 0 Å². The van der Waals surface area contributed by atoms with Gasteiger partial charge in [-0.3, -0.25) is 14.5 Å². The molecule has 1 aliphatic heterocycles. The van der Waals surface area contributed by atoms with E-state index in [0.717, 1.165) is 35.3 Å². The van der Waals surface area contributed by atoms with E-state index in [2.05, 4.69) is 51.0 Å². The van der Waals surface area contributed by atoms with Gasteiger partial charge in [0.2, 0.25) is 11.8 Å². The first kappa shape index (κ1) is 21.8. The number of amides is 2. The van der Waals surface area contributed by atoms with Gasteiger partial charge >= 0.3 is 0 Å². The number of hydrogen-bond acceptors (Lipinski definition) is 3. The second-order valence-corrected chi connectivity index (χ2v) is 8.43.